The number of carbonyl (C=O) groups is 1. The average Bonchev–Trinajstić information content (AvgIpc) is 2.61. The van der Waals surface area contributed by atoms with Gasteiger partial charge in [0.2, 0.25) is 0 Å². The molecule has 0 unspecified atom stereocenters. The fourth-order valence-electron chi connectivity index (χ4n) is 2.08. The fraction of sp³-hybridized carbons (Fsp3) is 0.125. The maximum atomic E-state index is 12.2. The van der Waals surface area contributed by atoms with Crippen molar-refractivity contribution in [1.29, 1.82) is 0 Å². The zero-order valence-electron chi connectivity index (χ0n) is 12.6. The first-order valence-corrected chi connectivity index (χ1v) is 7.09. The Kier molecular flexibility index (Phi) is 4.64. The summed E-state index contributed by atoms with van der Waals surface area (Å²) in [6.07, 6.45) is 0. The van der Waals surface area contributed by atoms with E-state index in [4.69, 9.17) is 4.74 Å². The maximum absolute atomic E-state index is 12.2. The number of aromatic nitrogens is 3. The van der Waals surface area contributed by atoms with E-state index < -0.39 is 24.9 Å². The molecular weight excluding hydrogens is 336 g/mol. The molecule has 1 heterocycles. The monoisotopic (exact) mass is 347 g/mol. The quantitative estimate of drug-likeness (QED) is 0.658. The SMILES string of the molecule is O=C(OCn1nnc2ccccc2c1=O)c1ccc(OC(F)F)cc1. The molecule has 3 rings (SSSR count). The van der Waals surface area contributed by atoms with Crippen LogP contribution in [-0.2, 0) is 11.5 Å². The highest BCUT2D eigenvalue weighted by molar-refractivity contribution is 5.89. The third-order valence-electron chi connectivity index (χ3n) is 3.26. The Bertz CT molecular complexity index is 958. The van der Waals surface area contributed by atoms with E-state index in [1.54, 1.807) is 24.3 Å². The molecular formula is C16H11F2N3O4. The normalized spacial score (nSPS) is 10.8. The number of nitrogens with zero attached hydrogens (tertiary/aromatic N) is 3. The molecule has 0 saturated heterocycles. The first kappa shape index (κ1) is 16.5. The van der Waals surface area contributed by atoms with Crippen molar-refractivity contribution in [3.8, 4) is 5.75 Å². The lowest BCUT2D eigenvalue weighted by molar-refractivity contribution is -0.0498. The number of hydrogen-bond acceptors (Lipinski definition) is 6. The van der Waals surface area contributed by atoms with Gasteiger partial charge >= 0.3 is 12.6 Å². The average molecular weight is 347 g/mol. The molecule has 1 aromatic heterocycles. The first-order chi connectivity index (χ1) is 12.0. The third-order valence-corrected chi connectivity index (χ3v) is 3.26. The largest absolute Gasteiger partial charge is 0.439 e. The summed E-state index contributed by atoms with van der Waals surface area (Å²) >= 11 is 0. The minimum Gasteiger partial charge on any atom is -0.439 e. The fourth-order valence-corrected chi connectivity index (χ4v) is 2.08. The van der Waals surface area contributed by atoms with Gasteiger partial charge in [0.15, 0.2) is 6.73 Å². The number of ether oxygens (including phenoxy) is 2. The summed E-state index contributed by atoms with van der Waals surface area (Å²) in [4.78, 5) is 24.2. The van der Waals surface area contributed by atoms with Crippen LogP contribution >= 0.6 is 0 Å². The molecule has 7 nitrogen and oxygen atoms in total. The highest BCUT2D eigenvalue weighted by Gasteiger charge is 2.11. The lowest BCUT2D eigenvalue weighted by atomic mass is 10.2. The summed E-state index contributed by atoms with van der Waals surface area (Å²) in [6, 6.07) is 11.6. The van der Waals surface area contributed by atoms with Crippen molar-refractivity contribution in [2.24, 2.45) is 0 Å². The lowest BCUT2D eigenvalue weighted by Gasteiger charge is -2.07. The van der Waals surface area contributed by atoms with E-state index in [0.717, 1.165) is 4.68 Å². The molecule has 0 bridgehead atoms. The third kappa shape index (κ3) is 3.77. The smallest absolute Gasteiger partial charge is 0.387 e. The van der Waals surface area contributed by atoms with Gasteiger partial charge < -0.3 is 9.47 Å². The Morgan fingerprint density at radius 1 is 1.12 bits per heavy atom. The zero-order chi connectivity index (χ0) is 17.8. The van der Waals surface area contributed by atoms with Crippen LogP contribution < -0.4 is 10.3 Å². The second-order valence-corrected chi connectivity index (χ2v) is 4.88. The Labute approximate surface area is 139 Å². The molecule has 0 radical (unpaired) electrons. The van der Waals surface area contributed by atoms with Gasteiger partial charge in [0.25, 0.3) is 5.56 Å². The van der Waals surface area contributed by atoms with Gasteiger partial charge in [-0.2, -0.15) is 13.5 Å². The number of halogens is 2. The molecule has 25 heavy (non-hydrogen) atoms. The van der Waals surface area contributed by atoms with Crippen molar-refractivity contribution < 1.29 is 23.0 Å². The molecule has 0 aliphatic heterocycles. The molecule has 0 fully saturated rings. The van der Waals surface area contributed by atoms with Gasteiger partial charge in [0.05, 0.1) is 10.9 Å². The predicted molar refractivity (Wildman–Crippen MR) is 82.3 cm³/mol. The minimum atomic E-state index is -2.95. The molecule has 2 aromatic carbocycles. The van der Waals surface area contributed by atoms with E-state index in [-0.39, 0.29) is 11.3 Å². The van der Waals surface area contributed by atoms with Crippen LogP contribution in [0.15, 0.2) is 53.3 Å². The number of benzene rings is 2. The van der Waals surface area contributed by atoms with Crippen LogP contribution in [-0.4, -0.2) is 27.6 Å². The van der Waals surface area contributed by atoms with Crippen molar-refractivity contribution in [2.45, 2.75) is 13.3 Å². The maximum Gasteiger partial charge on any atom is 0.387 e. The number of esters is 1. The second kappa shape index (κ2) is 7.04. The number of alkyl halides is 2. The van der Waals surface area contributed by atoms with Gasteiger partial charge in [-0.3, -0.25) is 4.79 Å². The Hall–Kier alpha value is -3.36. The molecule has 0 spiro atoms. The molecule has 3 aromatic rings. The number of rotatable bonds is 5. The molecule has 0 aliphatic rings. The van der Waals surface area contributed by atoms with Crippen LogP contribution in [0, 0.1) is 0 Å². The van der Waals surface area contributed by atoms with Crippen LogP contribution in [0.3, 0.4) is 0 Å². The van der Waals surface area contributed by atoms with Crippen molar-refractivity contribution in [1.82, 2.24) is 15.0 Å². The summed E-state index contributed by atoms with van der Waals surface area (Å²) in [6.45, 7) is -3.37. The second-order valence-electron chi connectivity index (χ2n) is 4.88. The van der Waals surface area contributed by atoms with Crippen LogP contribution in [0.2, 0.25) is 0 Å². The molecule has 9 heteroatoms. The Balaban J connectivity index is 1.70. The summed E-state index contributed by atoms with van der Waals surface area (Å²) in [5, 5.41) is 7.91. The van der Waals surface area contributed by atoms with Crippen LogP contribution in [0.1, 0.15) is 10.4 Å². The highest BCUT2D eigenvalue weighted by Crippen LogP contribution is 2.15. The molecule has 0 amide bonds. The number of hydrogen-bond donors (Lipinski definition) is 0. The van der Waals surface area contributed by atoms with Crippen LogP contribution in [0.25, 0.3) is 10.9 Å². The van der Waals surface area contributed by atoms with Crippen molar-refractivity contribution in [2.75, 3.05) is 0 Å². The van der Waals surface area contributed by atoms with E-state index in [1.165, 1.54) is 24.3 Å². The van der Waals surface area contributed by atoms with Crippen molar-refractivity contribution in [3.05, 3.63) is 64.4 Å². The van der Waals surface area contributed by atoms with E-state index >= 15 is 0 Å². The van der Waals surface area contributed by atoms with E-state index in [1.807, 2.05) is 0 Å². The van der Waals surface area contributed by atoms with Gasteiger partial charge in [-0.25, -0.2) is 4.79 Å². The first-order valence-electron chi connectivity index (χ1n) is 7.09. The van der Waals surface area contributed by atoms with Gasteiger partial charge in [-0.15, -0.1) is 5.10 Å². The molecule has 128 valence electrons. The van der Waals surface area contributed by atoms with E-state index in [9.17, 15) is 18.4 Å². The van der Waals surface area contributed by atoms with Crippen molar-refractivity contribution >= 4 is 16.9 Å². The van der Waals surface area contributed by atoms with Crippen molar-refractivity contribution in [3.63, 3.8) is 0 Å². The van der Waals surface area contributed by atoms with E-state index in [2.05, 4.69) is 15.0 Å². The summed E-state index contributed by atoms with van der Waals surface area (Å²) < 4.78 is 34.3. The Morgan fingerprint density at radius 3 is 2.56 bits per heavy atom. The predicted octanol–water partition coefficient (Wildman–Crippen LogP) is 2.21. The summed E-state index contributed by atoms with van der Waals surface area (Å²) in [5.74, 6) is -0.825. The number of carbonyl (C=O) groups excluding carboxylic acids is 1. The standard InChI is InChI=1S/C16H11F2N3O4/c17-16(18)25-11-7-5-10(6-8-11)15(23)24-9-21-14(22)12-3-1-2-4-13(12)19-20-21/h1-8,16H,9H2. The molecule has 0 saturated carbocycles. The number of fused-ring (bicyclic) bond motifs is 1. The highest BCUT2D eigenvalue weighted by atomic mass is 19.3. The van der Waals surface area contributed by atoms with Gasteiger partial charge in [-0.1, -0.05) is 17.3 Å². The van der Waals surface area contributed by atoms with Gasteiger partial charge in [0.1, 0.15) is 11.3 Å². The van der Waals surface area contributed by atoms with E-state index in [0.29, 0.717) is 10.9 Å². The summed E-state index contributed by atoms with van der Waals surface area (Å²) in [7, 11) is 0. The van der Waals surface area contributed by atoms with Crippen LogP contribution in [0.5, 0.6) is 5.75 Å². The van der Waals surface area contributed by atoms with Crippen LogP contribution in [0.4, 0.5) is 8.78 Å². The topological polar surface area (TPSA) is 83.3 Å². The zero-order valence-corrected chi connectivity index (χ0v) is 12.6. The molecule has 0 atom stereocenters. The minimum absolute atomic E-state index is 0.0804. The van der Waals surface area contributed by atoms with Gasteiger partial charge in [0, 0.05) is 0 Å². The van der Waals surface area contributed by atoms with Gasteiger partial charge in [-0.05, 0) is 36.4 Å². The lowest BCUT2D eigenvalue weighted by Crippen LogP contribution is -2.26. The molecule has 0 aliphatic carbocycles. The Morgan fingerprint density at radius 2 is 1.84 bits per heavy atom. The molecule has 0 N–H and O–H groups in total. The summed E-state index contributed by atoms with van der Waals surface area (Å²) in [5.41, 5.74) is 0.104.